The molecule has 6 heteroatoms. The van der Waals surface area contributed by atoms with E-state index in [1.165, 1.54) is 12.3 Å². The molecule has 6 nitrogen and oxygen atoms in total. The van der Waals surface area contributed by atoms with Gasteiger partial charge in [0.1, 0.15) is 0 Å². The molecule has 0 saturated carbocycles. The zero-order chi connectivity index (χ0) is 18.9. The molecule has 0 aliphatic rings. The minimum absolute atomic E-state index is 0.347. The summed E-state index contributed by atoms with van der Waals surface area (Å²) in [6.45, 7) is 3.46. The molecule has 2 amide bonds. The van der Waals surface area contributed by atoms with Gasteiger partial charge in [0.15, 0.2) is 11.5 Å². The third-order valence-electron chi connectivity index (χ3n) is 3.50. The number of benzene rings is 2. The Morgan fingerprint density at radius 3 is 2.46 bits per heavy atom. The van der Waals surface area contributed by atoms with E-state index in [2.05, 4.69) is 17.2 Å². The minimum Gasteiger partial charge on any atom is -0.493 e. The van der Waals surface area contributed by atoms with Crippen LogP contribution >= 0.6 is 0 Å². The Labute approximate surface area is 152 Å². The highest BCUT2D eigenvalue weighted by Crippen LogP contribution is 2.28. The Balaban J connectivity index is 2.13. The smallest absolute Gasteiger partial charge is 0.257 e. The average Bonchev–Trinajstić information content (AvgIpc) is 2.66. The van der Waals surface area contributed by atoms with Gasteiger partial charge in [-0.3, -0.25) is 9.59 Å². The van der Waals surface area contributed by atoms with Gasteiger partial charge in [0, 0.05) is 6.08 Å². The highest BCUT2D eigenvalue weighted by Gasteiger charge is 2.11. The van der Waals surface area contributed by atoms with Gasteiger partial charge >= 0.3 is 0 Å². The molecular formula is C20H20N2O4. The zero-order valence-corrected chi connectivity index (χ0v) is 14.6. The highest BCUT2D eigenvalue weighted by atomic mass is 16.5. The van der Waals surface area contributed by atoms with Crippen LogP contribution in [0.5, 0.6) is 11.5 Å². The number of para-hydroxylation sites is 1. The number of anilines is 1. The number of ether oxygens (including phenoxy) is 2. The number of carbonyl (C=O) groups excluding carboxylic acids is 2. The number of carbonyl (C=O) groups is 2. The summed E-state index contributed by atoms with van der Waals surface area (Å²) in [5.74, 6) is 0.469. The lowest BCUT2D eigenvalue weighted by atomic mass is 10.1. The van der Waals surface area contributed by atoms with Gasteiger partial charge in [0.05, 0.1) is 25.5 Å². The molecule has 0 aliphatic carbocycles. The lowest BCUT2D eigenvalue weighted by Gasteiger charge is -2.09. The third kappa shape index (κ3) is 4.73. The monoisotopic (exact) mass is 352 g/mol. The van der Waals surface area contributed by atoms with Crippen LogP contribution in [0.15, 0.2) is 61.3 Å². The van der Waals surface area contributed by atoms with Gasteiger partial charge in [0.2, 0.25) is 5.91 Å². The molecule has 134 valence electrons. The largest absolute Gasteiger partial charge is 0.493 e. The van der Waals surface area contributed by atoms with Crippen molar-refractivity contribution >= 4 is 23.6 Å². The van der Waals surface area contributed by atoms with E-state index in [1.807, 2.05) is 0 Å². The van der Waals surface area contributed by atoms with Gasteiger partial charge in [-0.1, -0.05) is 24.8 Å². The van der Waals surface area contributed by atoms with Crippen molar-refractivity contribution < 1.29 is 19.1 Å². The van der Waals surface area contributed by atoms with Gasteiger partial charge < -0.3 is 20.1 Å². The number of amides is 2. The van der Waals surface area contributed by atoms with Crippen LogP contribution in [0.2, 0.25) is 0 Å². The second kappa shape index (κ2) is 9.08. The van der Waals surface area contributed by atoms with E-state index in [1.54, 1.807) is 62.8 Å². The van der Waals surface area contributed by atoms with Crippen molar-refractivity contribution in [3.05, 3.63) is 72.4 Å². The van der Waals surface area contributed by atoms with E-state index >= 15 is 0 Å². The molecule has 0 saturated heterocycles. The lowest BCUT2D eigenvalue weighted by molar-refractivity contribution is -0.111. The first-order valence-electron chi connectivity index (χ1n) is 7.81. The molecule has 2 aromatic rings. The summed E-state index contributed by atoms with van der Waals surface area (Å²) in [6.07, 6.45) is 4.31. The molecule has 0 unspecified atom stereocenters. The number of hydrogen-bond donors (Lipinski definition) is 2. The van der Waals surface area contributed by atoms with E-state index in [4.69, 9.17) is 9.47 Å². The Hall–Kier alpha value is -3.54. The molecule has 26 heavy (non-hydrogen) atoms. The molecule has 0 aromatic heterocycles. The molecule has 0 radical (unpaired) electrons. The predicted octanol–water partition coefficient (Wildman–Crippen LogP) is 3.23. The number of methoxy groups -OCH3 is 2. The van der Waals surface area contributed by atoms with Crippen LogP contribution in [0, 0.1) is 0 Å². The van der Waals surface area contributed by atoms with Crippen LogP contribution in [0.1, 0.15) is 15.9 Å². The Bertz CT molecular complexity index is 843. The van der Waals surface area contributed by atoms with Crippen molar-refractivity contribution in [1.29, 1.82) is 0 Å². The first kappa shape index (κ1) is 18.8. The zero-order valence-electron chi connectivity index (χ0n) is 14.6. The first-order valence-corrected chi connectivity index (χ1v) is 7.81. The van der Waals surface area contributed by atoms with Gasteiger partial charge in [-0.2, -0.15) is 0 Å². The fourth-order valence-electron chi connectivity index (χ4n) is 2.26. The lowest BCUT2D eigenvalue weighted by Crippen LogP contribution is -2.19. The topological polar surface area (TPSA) is 76.7 Å². The van der Waals surface area contributed by atoms with Gasteiger partial charge in [-0.25, -0.2) is 0 Å². The van der Waals surface area contributed by atoms with Crippen molar-refractivity contribution in [3.63, 3.8) is 0 Å². The molecular weight excluding hydrogens is 332 g/mol. The van der Waals surface area contributed by atoms with Crippen LogP contribution < -0.4 is 20.1 Å². The van der Waals surface area contributed by atoms with Crippen LogP contribution in [0.25, 0.3) is 6.08 Å². The molecule has 0 fully saturated rings. The Morgan fingerprint density at radius 2 is 1.77 bits per heavy atom. The molecule has 2 N–H and O–H groups in total. The maximum atomic E-state index is 12.2. The van der Waals surface area contributed by atoms with Gasteiger partial charge in [-0.05, 0) is 42.1 Å². The fourth-order valence-corrected chi connectivity index (χ4v) is 2.26. The molecule has 0 heterocycles. The Kier molecular flexibility index (Phi) is 6.56. The molecule has 2 aromatic carbocycles. The highest BCUT2D eigenvalue weighted by molar-refractivity contribution is 6.07. The van der Waals surface area contributed by atoms with Crippen molar-refractivity contribution in [2.45, 2.75) is 0 Å². The van der Waals surface area contributed by atoms with E-state index in [0.29, 0.717) is 22.7 Å². The standard InChI is InChI=1S/C20H20N2O4/c1-4-21-20(24)15-7-5-6-8-16(15)22-19(23)12-10-14-9-11-17(25-2)18(13-14)26-3/h4-13H,1H2,2-3H3,(H,21,24)(H,22,23)/b12-10+. The SMILES string of the molecule is C=CNC(=O)c1ccccc1NC(=O)/C=C/c1ccc(OC)c(OC)c1. The first-order chi connectivity index (χ1) is 12.6. The third-order valence-corrected chi connectivity index (χ3v) is 3.50. The van der Waals surface area contributed by atoms with Gasteiger partial charge in [0.25, 0.3) is 5.91 Å². The second-order valence-corrected chi connectivity index (χ2v) is 5.16. The number of nitrogens with one attached hydrogen (secondary N) is 2. The normalized spacial score (nSPS) is 10.2. The quantitative estimate of drug-likeness (QED) is 0.750. The average molecular weight is 352 g/mol. The van der Waals surface area contributed by atoms with Crippen LogP contribution in [-0.2, 0) is 4.79 Å². The molecule has 0 aliphatic heterocycles. The maximum absolute atomic E-state index is 12.2. The molecule has 0 spiro atoms. The fraction of sp³-hybridized carbons (Fsp3) is 0.100. The maximum Gasteiger partial charge on any atom is 0.257 e. The van der Waals surface area contributed by atoms with Crippen molar-refractivity contribution in [2.75, 3.05) is 19.5 Å². The van der Waals surface area contributed by atoms with Crippen molar-refractivity contribution in [1.82, 2.24) is 5.32 Å². The number of hydrogen-bond acceptors (Lipinski definition) is 4. The van der Waals surface area contributed by atoms with Crippen LogP contribution in [-0.4, -0.2) is 26.0 Å². The molecule has 0 bridgehead atoms. The molecule has 0 atom stereocenters. The summed E-state index contributed by atoms with van der Waals surface area (Å²) < 4.78 is 10.4. The number of rotatable bonds is 7. The van der Waals surface area contributed by atoms with E-state index in [0.717, 1.165) is 5.56 Å². The summed E-state index contributed by atoms with van der Waals surface area (Å²) in [7, 11) is 3.10. The summed E-state index contributed by atoms with van der Waals surface area (Å²) in [4.78, 5) is 24.2. The van der Waals surface area contributed by atoms with Crippen molar-refractivity contribution in [3.8, 4) is 11.5 Å². The summed E-state index contributed by atoms with van der Waals surface area (Å²) in [5.41, 5.74) is 1.53. The molecule has 2 rings (SSSR count). The summed E-state index contributed by atoms with van der Waals surface area (Å²) in [6, 6.07) is 12.0. The van der Waals surface area contributed by atoms with E-state index in [-0.39, 0.29) is 11.8 Å². The van der Waals surface area contributed by atoms with Gasteiger partial charge in [-0.15, -0.1) is 0 Å². The van der Waals surface area contributed by atoms with E-state index < -0.39 is 0 Å². The van der Waals surface area contributed by atoms with Crippen molar-refractivity contribution in [2.24, 2.45) is 0 Å². The predicted molar refractivity (Wildman–Crippen MR) is 101 cm³/mol. The van der Waals surface area contributed by atoms with Crippen LogP contribution in [0.4, 0.5) is 5.69 Å². The van der Waals surface area contributed by atoms with Crippen LogP contribution in [0.3, 0.4) is 0 Å². The second-order valence-electron chi connectivity index (χ2n) is 5.16. The summed E-state index contributed by atoms with van der Waals surface area (Å²) >= 11 is 0. The summed E-state index contributed by atoms with van der Waals surface area (Å²) in [5, 5.41) is 5.18. The van der Waals surface area contributed by atoms with E-state index in [9.17, 15) is 9.59 Å². The minimum atomic E-state index is -0.362. The Morgan fingerprint density at radius 1 is 1.04 bits per heavy atom.